The summed E-state index contributed by atoms with van der Waals surface area (Å²) in [6.07, 6.45) is 4.75. The molecule has 1 atom stereocenters. The van der Waals surface area contributed by atoms with Crippen molar-refractivity contribution in [2.45, 2.75) is 25.3 Å². The first-order valence-electron chi connectivity index (χ1n) is 5.29. The van der Waals surface area contributed by atoms with Crippen LogP contribution in [0.3, 0.4) is 0 Å². The van der Waals surface area contributed by atoms with Gasteiger partial charge in [-0.3, -0.25) is 4.90 Å². The third-order valence-electron chi connectivity index (χ3n) is 2.02. The molecule has 6 heteroatoms. The van der Waals surface area contributed by atoms with E-state index in [1.807, 2.05) is 19.1 Å². The molecule has 0 saturated carbocycles. The SMILES string of the molecule is CC/C=C/CCN(C(=O)OC)C(Cl)C(=O)OC. The van der Waals surface area contributed by atoms with E-state index in [0.29, 0.717) is 13.0 Å². The van der Waals surface area contributed by atoms with Gasteiger partial charge in [0.1, 0.15) is 0 Å². The fourth-order valence-electron chi connectivity index (χ4n) is 1.14. The highest BCUT2D eigenvalue weighted by Gasteiger charge is 2.28. The Kier molecular flexibility index (Phi) is 8.23. The molecule has 17 heavy (non-hydrogen) atoms. The van der Waals surface area contributed by atoms with Crippen LogP contribution in [0.15, 0.2) is 12.2 Å². The number of hydrogen-bond acceptors (Lipinski definition) is 4. The van der Waals surface area contributed by atoms with Crippen LogP contribution in [0.5, 0.6) is 0 Å². The zero-order chi connectivity index (χ0) is 13.3. The molecule has 0 aromatic heterocycles. The number of halogens is 1. The maximum Gasteiger partial charge on any atom is 0.411 e. The van der Waals surface area contributed by atoms with Crippen molar-refractivity contribution in [1.29, 1.82) is 0 Å². The van der Waals surface area contributed by atoms with E-state index in [1.165, 1.54) is 14.2 Å². The summed E-state index contributed by atoms with van der Waals surface area (Å²) >= 11 is 5.81. The number of alkyl halides is 1. The number of ether oxygens (including phenoxy) is 2. The van der Waals surface area contributed by atoms with Gasteiger partial charge in [0.2, 0.25) is 5.50 Å². The van der Waals surface area contributed by atoms with E-state index in [0.717, 1.165) is 11.3 Å². The molecular formula is C11H18ClNO4. The lowest BCUT2D eigenvalue weighted by atomic mass is 10.3. The maximum atomic E-state index is 11.4. The van der Waals surface area contributed by atoms with Crippen LogP contribution in [-0.2, 0) is 14.3 Å². The zero-order valence-corrected chi connectivity index (χ0v) is 11.1. The number of rotatable bonds is 6. The van der Waals surface area contributed by atoms with Gasteiger partial charge in [-0.15, -0.1) is 0 Å². The number of hydrogen-bond donors (Lipinski definition) is 0. The second kappa shape index (κ2) is 8.87. The lowest BCUT2D eigenvalue weighted by Gasteiger charge is -2.23. The molecule has 1 amide bonds. The highest BCUT2D eigenvalue weighted by atomic mass is 35.5. The summed E-state index contributed by atoms with van der Waals surface area (Å²) in [5, 5.41) is 0. The van der Waals surface area contributed by atoms with Gasteiger partial charge in [-0.1, -0.05) is 30.7 Å². The van der Waals surface area contributed by atoms with E-state index in [1.54, 1.807) is 0 Å². The molecule has 98 valence electrons. The molecule has 0 aliphatic rings. The van der Waals surface area contributed by atoms with Crippen LogP contribution in [0.1, 0.15) is 19.8 Å². The fourth-order valence-corrected chi connectivity index (χ4v) is 1.40. The Balaban J connectivity index is 4.48. The van der Waals surface area contributed by atoms with Crippen molar-refractivity contribution < 1.29 is 19.1 Å². The van der Waals surface area contributed by atoms with E-state index in [4.69, 9.17) is 11.6 Å². The van der Waals surface area contributed by atoms with E-state index in [9.17, 15) is 9.59 Å². The first-order chi connectivity index (χ1) is 8.08. The van der Waals surface area contributed by atoms with Gasteiger partial charge >= 0.3 is 12.1 Å². The largest absolute Gasteiger partial charge is 0.467 e. The van der Waals surface area contributed by atoms with E-state index < -0.39 is 17.6 Å². The summed E-state index contributed by atoms with van der Waals surface area (Å²) in [5.41, 5.74) is -1.16. The van der Waals surface area contributed by atoms with Crippen LogP contribution in [0.4, 0.5) is 4.79 Å². The third kappa shape index (κ3) is 5.58. The Hall–Kier alpha value is -1.23. The molecule has 0 aromatic rings. The van der Waals surface area contributed by atoms with Crippen molar-refractivity contribution in [3.8, 4) is 0 Å². The highest BCUT2D eigenvalue weighted by Crippen LogP contribution is 2.10. The molecule has 0 fully saturated rings. The Morgan fingerprint density at radius 2 is 1.94 bits per heavy atom. The molecular weight excluding hydrogens is 246 g/mol. The lowest BCUT2D eigenvalue weighted by Crippen LogP contribution is -2.42. The first-order valence-corrected chi connectivity index (χ1v) is 5.73. The molecule has 0 spiro atoms. The Morgan fingerprint density at radius 1 is 1.29 bits per heavy atom. The minimum atomic E-state index is -1.16. The number of esters is 1. The molecule has 0 heterocycles. The molecule has 0 saturated heterocycles. The highest BCUT2D eigenvalue weighted by molar-refractivity contribution is 6.30. The number of methoxy groups -OCH3 is 2. The van der Waals surface area contributed by atoms with Gasteiger partial charge in [0.05, 0.1) is 14.2 Å². The minimum absolute atomic E-state index is 0.298. The van der Waals surface area contributed by atoms with Crippen molar-refractivity contribution in [3.05, 3.63) is 12.2 Å². The van der Waals surface area contributed by atoms with Gasteiger partial charge in [0, 0.05) is 6.54 Å². The van der Waals surface area contributed by atoms with Crippen LogP contribution >= 0.6 is 11.6 Å². The van der Waals surface area contributed by atoms with Crippen molar-refractivity contribution in [2.24, 2.45) is 0 Å². The Morgan fingerprint density at radius 3 is 2.41 bits per heavy atom. The summed E-state index contributed by atoms with van der Waals surface area (Å²) in [6, 6.07) is 0. The summed E-state index contributed by atoms with van der Waals surface area (Å²) in [4.78, 5) is 23.8. The van der Waals surface area contributed by atoms with Crippen molar-refractivity contribution in [1.82, 2.24) is 4.90 Å². The van der Waals surface area contributed by atoms with E-state index >= 15 is 0 Å². The summed E-state index contributed by atoms with van der Waals surface area (Å²) in [6.45, 7) is 2.31. The van der Waals surface area contributed by atoms with Crippen molar-refractivity contribution >= 4 is 23.7 Å². The second-order valence-corrected chi connectivity index (χ2v) is 3.60. The van der Waals surface area contributed by atoms with Gasteiger partial charge in [0.15, 0.2) is 0 Å². The average Bonchev–Trinajstić information content (AvgIpc) is 2.36. The second-order valence-electron chi connectivity index (χ2n) is 3.19. The smallest absolute Gasteiger partial charge is 0.411 e. The molecule has 0 radical (unpaired) electrons. The first kappa shape index (κ1) is 15.8. The van der Waals surface area contributed by atoms with Crippen LogP contribution in [-0.4, -0.2) is 43.2 Å². The maximum absolute atomic E-state index is 11.4. The van der Waals surface area contributed by atoms with Crippen LogP contribution in [0, 0.1) is 0 Å². The van der Waals surface area contributed by atoms with Gasteiger partial charge in [-0.05, 0) is 12.8 Å². The van der Waals surface area contributed by atoms with E-state index in [-0.39, 0.29) is 0 Å². The summed E-state index contributed by atoms with van der Waals surface area (Å²) in [5.74, 6) is -0.684. The molecule has 0 aliphatic carbocycles. The normalized spacial score (nSPS) is 12.2. The third-order valence-corrected chi connectivity index (χ3v) is 2.43. The zero-order valence-electron chi connectivity index (χ0n) is 10.3. The fraction of sp³-hybridized carbons (Fsp3) is 0.636. The predicted octanol–water partition coefficient (Wildman–Crippen LogP) is 2.15. The number of nitrogens with zero attached hydrogens (tertiary/aromatic N) is 1. The molecule has 0 bridgehead atoms. The van der Waals surface area contributed by atoms with Crippen LogP contribution in [0.25, 0.3) is 0 Å². The standard InChI is InChI=1S/C11H18ClNO4/c1-4-5-6-7-8-13(11(15)17-3)9(12)10(14)16-2/h5-6,9H,4,7-8H2,1-3H3/b6-5+. The lowest BCUT2D eigenvalue weighted by molar-refractivity contribution is -0.143. The van der Waals surface area contributed by atoms with Crippen molar-refractivity contribution in [3.63, 3.8) is 0 Å². The number of allylic oxidation sites excluding steroid dienone is 1. The average molecular weight is 264 g/mol. The van der Waals surface area contributed by atoms with Crippen LogP contribution in [0.2, 0.25) is 0 Å². The number of carbonyl (C=O) groups excluding carboxylic acids is 2. The number of amides is 1. The monoisotopic (exact) mass is 263 g/mol. The summed E-state index contributed by atoms with van der Waals surface area (Å²) in [7, 11) is 2.45. The molecule has 0 aromatic carbocycles. The Bertz CT molecular complexity index is 281. The molecule has 5 nitrogen and oxygen atoms in total. The van der Waals surface area contributed by atoms with Gasteiger partial charge in [-0.2, -0.15) is 0 Å². The molecule has 1 unspecified atom stereocenters. The Labute approximate surface area is 106 Å². The van der Waals surface area contributed by atoms with Gasteiger partial charge in [-0.25, -0.2) is 9.59 Å². The minimum Gasteiger partial charge on any atom is -0.467 e. The molecule has 0 rings (SSSR count). The quantitative estimate of drug-likeness (QED) is 0.319. The predicted molar refractivity (Wildman–Crippen MR) is 64.8 cm³/mol. The topological polar surface area (TPSA) is 55.8 Å². The van der Waals surface area contributed by atoms with Gasteiger partial charge < -0.3 is 9.47 Å². The van der Waals surface area contributed by atoms with Crippen molar-refractivity contribution in [2.75, 3.05) is 20.8 Å². The molecule has 0 aliphatic heterocycles. The number of carbonyl (C=O) groups is 2. The van der Waals surface area contributed by atoms with E-state index in [2.05, 4.69) is 9.47 Å². The van der Waals surface area contributed by atoms with Gasteiger partial charge in [0.25, 0.3) is 0 Å². The molecule has 0 N–H and O–H groups in total. The summed E-state index contributed by atoms with van der Waals surface area (Å²) < 4.78 is 9.03. The van der Waals surface area contributed by atoms with Crippen LogP contribution < -0.4 is 0 Å².